The van der Waals surface area contributed by atoms with Crippen molar-refractivity contribution in [3.8, 4) is 5.75 Å². The summed E-state index contributed by atoms with van der Waals surface area (Å²) in [6, 6.07) is 2.13. The number of rotatable bonds is 4. The highest BCUT2D eigenvalue weighted by molar-refractivity contribution is 9.10. The fourth-order valence-corrected chi connectivity index (χ4v) is 3.41. The Morgan fingerprint density at radius 1 is 1.44 bits per heavy atom. The SMILES string of the molecule is COc1c(CCC(=O)O)cc2c(c1Br)CCCC2. The van der Waals surface area contributed by atoms with E-state index in [0.717, 1.165) is 28.6 Å². The van der Waals surface area contributed by atoms with Gasteiger partial charge in [-0.05, 0) is 64.7 Å². The average molecular weight is 313 g/mol. The van der Waals surface area contributed by atoms with E-state index >= 15 is 0 Å². The molecule has 0 aromatic heterocycles. The van der Waals surface area contributed by atoms with Gasteiger partial charge in [0.1, 0.15) is 5.75 Å². The lowest BCUT2D eigenvalue weighted by molar-refractivity contribution is -0.136. The van der Waals surface area contributed by atoms with Crippen molar-refractivity contribution >= 4 is 21.9 Å². The fraction of sp³-hybridized carbons (Fsp3) is 0.500. The van der Waals surface area contributed by atoms with Crippen LogP contribution in [0.3, 0.4) is 0 Å². The minimum Gasteiger partial charge on any atom is -0.495 e. The number of aliphatic carboxylic acids is 1. The van der Waals surface area contributed by atoms with Gasteiger partial charge in [-0.2, -0.15) is 0 Å². The third kappa shape index (κ3) is 2.69. The highest BCUT2D eigenvalue weighted by Gasteiger charge is 2.19. The molecule has 0 saturated carbocycles. The van der Waals surface area contributed by atoms with E-state index in [1.807, 2.05) is 0 Å². The van der Waals surface area contributed by atoms with Crippen molar-refractivity contribution in [2.24, 2.45) is 0 Å². The molecule has 0 fully saturated rings. The van der Waals surface area contributed by atoms with Gasteiger partial charge in [0.2, 0.25) is 0 Å². The minimum absolute atomic E-state index is 0.140. The second kappa shape index (κ2) is 5.74. The Balaban J connectivity index is 2.38. The molecule has 0 atom stereocenters. The summed E-state index contributed by atoms with van der Waals surface area (Å²) in [4.78, 5) is 10.7. The molecule has 0 aliphatic heterocycles. The van der Waals surface area contributed by atoms with Gasteiger partial charge in [0.05, 0.1) is 11.6 Å². The Labute approximate surface area is 115 Å². The van der Waals surface area contributed by atoms with Crippen molar-refractivity contribution in [1.29, 1.82) is 0 Å². The summed E-state index contributed by atoms with van der Waals surface area (Å²) >= 11 is 3.61. The van der Waals surface area contributed by atoms with Gasteiger partial charge in [-0.25, -0.2) is 0 Å². The first-order valence-corrected chi connectivity index (χ1v) is 7.01. The molecule has 1 N–H and O–H groups in total. The van der Waals surface area contributed by atoms with E-state index in [1.54, 1.807) is 7.11 Å². The maximum absolute atomic E-state index is 10.7. The summed E-state index contributed by atoms with van der Waals surface area (Å²) in [6.07, 6.45) is 5.24. The van der Waals surface area contributed by atoms with E-state index in [9.17, 15) is 4.79 Å². The van der Waals surface area contributed by atoms with Crippen molar-refractivity contribution in [3.05, 3.63) is 27.2 Å². The summed E-state index contributed by atoms with van der Waals surface area (Å²) in [5, 5.41) is 8.79. The van der Waals surface area contributed by atoms with E-state index in [1.165, 1.54) is 24.0 Å². The first-order valence-electron chi connectivity index (χ1n) is 6.22. The number of benzene rings is 1. The predicted molar refractivity (Wildman–Crippen MR) is 73.3 cm³/mol. The first kappa shape index (κ1) is 13.4. The summed E-state index contributed by atoms with van der Waals surface area (Å²) < 4.78 is 6.45. The molecule has 1 aromatic carbocycles. The van der Waals surface area contributed by atoms with Gasteiger partial charge in [-0.1, -0.05) is 6.07 Å². The molecule has 0 unspecified atom stereocenters. The van der Waals surface area contributed by atoms with Crippen LogP contribution in [0.15, 0.2) is 10.5 Å². The molecule has 0 bridgehead atoms. The Morgan fingerprint density at radius 3 is 2.83 bits per heavy atom. The molecular formula is C14H17BrO3. The molecule has 1 aliphatic carbocycles. The van der Waals surface area contributed by atoms with Crippen molar-refractivity contribution in [3.63, 3.8) is 0 Å². The van der Waals surface area contributed by atoms with Crippen molar-refractivity contribution in [2.75, 3.05) is 7.11 Å². The predicted octanol–water partition coefficient (Wildman–Crippen LogP) is 3.35. The van der Waals surface area contributed by atoms with Gasteiger partial charge in [0.25, 0.3) is 0 Å². The van der Waals surface area contributed by atoms with Crippen LogP contribution in [0.2, 0.25) is 0 Å². The molecule has 18 heavy (non-hydrogen) atoms. The number of fused-ring (bicyclic) bond motifs is 1. The van der Waals surface area contributed by atoms with Crippen molar-refractivity contribution in [1.82, 2.24) is 0 Å². The second-order valence-corrected chi connectivity index (χ2v) is 5.41. The lowest BCUT2D eigenvalue weighted by Gasteiger charge is -2.21. The summed E-state index contributed by atoms with van der Waals surface area (Å²) in [5.74, 6) is 0.0304. The maximum Gasteiger partial charge on any atom is 0.303 e. The Morgan fingerprint density at radius 2 is 2.17 bits per heavy atom. The highest BCUT2D eigenvalue weighted by atomic mass is 79.9. The number of hydrogen-bond donors (Lipinski definition) is 1. The summed E-state index contributed by atoms with van der Waals surface area (Å²) in [5.41, 5.74) is 3.67. The molecule has 0 amide bonds. The number of carboxylic acids is 1. The molecule has 1 aliphatic rings. The van der Waals surface area contributed by atoms with Gasteiger partial charge in [0.15, 0.2) is 0 Å². The van der Waals surface area contributed by atoms with Crippen LogP contribution in [0, 0.1) is 0 Å². The zero-order valence-electron chi connectivity index (χ0n) is 10.5. The molecule has 1 aromatic rings. The number of carboxylic acid groups (broad SMARTS) is 1. The summed E-state index contributed by atoms with van der Waals surface area (Å²) in [7, 11) is 1.64. The van der Waals surface area contributed by atoms with Crippen molar-refractivity contribution < 1.29 is 14.6 Å². The maximum atomic E-state index is 10.7. The first-order chi connectivity index (χ1) is 8.63. The number of hydrogen-bond acceptors (Lipinski definition) is 2. The number of carbonyl (C=O) groups is 1. The number of ether oxygens (including phenoxy) is 1. The lowest BCUT2D eigenvalue weighted by atomic mass is 9.89. The van der Waals surface area contributed by atoms with Crippen LogP contribution in [-0.2, 0) is 24.1 Å². The largest absolute Gasteiger partial charge is 0.495 e. The molecule has 3 nitrogen and oxygen atoms in total. The quantitative estimate of drug-likeness (QED) is 0.927. The monoisotopic (exact) mass is 312 g/mol. The highest BCUT2D eigenvalue weighted by Crippen LogP contribution is 2.38. The van der Waals surface area contributed by atoms with Crippen LogP contribution < -0.4 is 4.74 Å². The standard InChI is InChI=1S/C14H17BrO3/c1-18-14-10(6-7-12(16)17)8-9-4-2-3-5-11(9)13(14)15/h8H,2-7H2,1H3,(H,16,17). The molecule has 0 radical (unpaired) electrons. The minimum atomic E-state index is -0.772. The Kier molecular flexibility index (Phi) is 4.27. The van der Waals surface area contributed by atoms with Crippen LogP contribution in [0.1, 0.15) is 36.0 Å². The van der Waals surface area contributed by atoms with E-state index in [0.29, 0.717) is 6.42 Å². The smallest absolute Gasteiger partial charge is 0.303 e. The van der Waals surface area contributed by atoms with Crippen LogP contribution in [0.25, 0.3) is 0 Å². The zero-order chi connectivity index (χ0) is 13.1. The Hall–Kier alpha value is -1.03. The average Bonchev–Trinajstić information content (AvgIpc) is 2.36. The number of methoxy groups -OCH3 is 1. The van der Waals surface area contributed by atoms with E-state index in [-0.39, 0.29) is 6.42 Å². The summed E-state index contributed by atoms with van der Waals surface area (Å²) in [6.45, 7) is 0. The molecule has 4 heteroatoms. The van der Waals surface area contributed by atoms with Crippen LogP contribution >= 0.6 is 15.9 Å². The lowest BCUT2D eigenvalue weighted by Crippen LogP contribution is -2.08. The van der Waals surface area contributed by atoms with Crippen LogP contribution in [-0.4, -0.2) is 18.2 Å². The number of aryl methyl sites for hydroxylation is 2. The topological polar surface area (TPSA) is 46.5 Å². The molecule has 0 saturated heterocycles. The second-order valence-electron chi connectivity index (χ2n) is 4.62. The molecular weight excluding hydrogens is 296 g/mol. The molecule has 2 rings (SSSR count). The fourth-order valence-electron chi connectivity index (χ4n) is 2.54. The van der Waals surface area contributed by atoms with Gasteiger partial charge in [0, 0.05) is 6.42 Å². The normalized spacial score (nSPS) is 14.1. The molecule has 0 heterocycles. The van der Waals surface area contributed by atoms with Crippen LogP contribution in [0.4, 0.5) is 0 Å². The van der Waals surface area contributed by atoms with Crippen molar-refractivity contribution in [2.45, 2.75) is 38.5 Å². The van der Waals surface area contributed by atoms with Gasteiger partial charge in [-0.3, -0.25) is 4.79 Å². The van der Waals surface area contributed by atoms with Crippen LogP contribution in [0.5, 0.6) is 5.75 Å². The number of halogens is 1. The van der Waals surface area contributed by atoms with Gasteiger partial charge in [-0.15, -0.1) is 0 Å². The molecule has 0 spiro atoms. The van der Waals surface area contributed by atoms with E-state index in [4.69, 9.17) is 9.84 Å². The third-order valence-electron chi connectivity index (χ3n) is 3.43. The van der Waals surface area contributed by atoms with Gasteiger partial charge < -0.3 is 9.84 Å². The van der Waals surface area contributed by atoms with E-state index in [2.05, 4.69) is 22.0 Å². The molecule has 98 valence electrons. The third-order valence-corrected chi connectivity index (χ3v) is 4.27. The van der Waals surface area contributed by atoms with E-state index < -0.39 is 5.97 Å². The van der Waals surface area contributed by atoms with Gasteiger partial charge >= 0.3 is 5.97 Å². The zero-order valence-corrected chi connectivity index (χ0v) is 12.0. The Bertz CT molecular complexity index is 469.